The summed E-state index contributed by atoms with van der Waals surface area (Å²) in [6.45, 7) is 1.85. The van der Waals surface area contributed by atoms with Crippen molar-refractivity contribution in [2.75, 3.05) is 0 Å². The van der Waals surface area contributed by atoms with Gasteiger partial charge in [-0.05, 0) is 35.6 Å². The smallest absolute Gasteiger partial charge is 0.251 e. The molecular formula is C16H21N3O2S2. The van der Waals surface area contributed by atoms with Gasteiger partial charge >= 0.3 is 0 Å². The van der Waals surface area contributed by atoms with Crippen LogP contribution in [0.4, 0.5) is 0 Å². The largest absolute Gasteiger partial charge is 0.487 e. The van der Waals surface area contributed by atoms with Crippen molar-refractivity contribution in [2.24, 2.45) is 11.5 Å². The van der Waals surface area contributed by atoms with Crippen molar-refractivity contribution in [1.82, 2.24) is 5.32 Å². The molecule has 5 nitrogen and oxygen atoms in total. The van der Waals surface area contributed by atoms with Crippen LogP contribution in [0.3, 0.4) is 0 Å². The van der Waals surface area contributed by atoms with Gasteiger partial charge in [0.05, 0.1) is 0 Å². The number of hydrogen-bond acceptors (Lipinski definition) is 3. The molecule has 0 heterocycles. The molecule has 0 aliphatic heterocycles. The van der Waals surface area contributed by atoms with E-state index in [-0.39, 0.29) is 0 Å². The summed E-state index contributed by atoms with van der Waals surface area (Å²) >= 11 is 7.74. The zero-order valence-corrected chi connectivity index (χ0v) is 14.2. The third-order valence-electron chi connectivity index (χ3n) is 2.34. The van der Waals surface area contributed by atoms with Crippen molar-refractivity contribution in [3.05, 3.63) is 71.8 Å². The van der Waals surface area contributed by atoms with Gasteiger partial charge in [0.2, 0.25) is 0 Å². The van der Waals surface area contributed by atoms with Crippen LogP contribution in [0, 0.1) is 0 Å². The second kappa shape index (κ2) is 13.4. The second-order valence-electron chi connectivity index (χ2n) is 4.25. The van der Waals surface area contributed by atoms with E-state index in [1.54, 1.807) is 0 Å². The lowest BCUT2D eigenvalue weighted by Gasteiger charge is -2.04. The van der Waals surface area contributed by atoms with E-state index in [9.17, 15) is 0 Å². The van der Waals surface area contributed by atoms with Crippen molar-refractivity contribution in [3.63, 3.8) is 0 Å². The molecule has 23 heavy (non-hydrogen) atoms. The zero-order chi connectivity index (χ0) is 17.5. The molecule has 0 amide bonds. The van der Waals surface area contributed by atoms with Gasteiger partial charge in [-0.2, -0.15) is 0 Å². The van der Waals surface area contributed by atoms with Crippen molar-refractivity contribution < 1.29 is 10.2 Å². The van der Waals surface area contributed by atoms with E-state index in [0.717, 1.165) is 13.1 Å². The third kappa shape index (κ3) is 16.0. The minimum Gasteiger partial charge on any atom is -0.487 e. The molecule has 0 unspecified atom stereocenters. The van der Waals surface area contributed by atoms with E-state index in [0.29, 0.717) is 0 Å². The van der Waals surface area contributed by atoms with E-state index >= 15 is 0 Å². The van der Waals surface area contributed by atoms with Crippen LogP contribution in [0.1, 0.15) is 11.1 Å². The maximum atomic E-state index is 7.56. The summed E-state index contributed by atoms with van der Waals surface area (Å²) in [4.78, 5) is 0. The quantitative estimate of drug-likeness (QED) is 0.539. The molecule has 0 aliphatic carbocycles. The molecule has 2 rings (SSSR count). The number of benzene rings is 2. The molecule has 0 aromatic heterocycles. The van der Waals surface area contributed by atoms with Gasteiger partial charge in [-0.3, -0.25) is 0 Å². The van der Waals surface area contributed by atoms with E-state index in [1.165, 1.54) is 11.1 Å². The molecule has 124 valence electrons. The molecule has 0 aliphatic rings. The number of thiocarbonyl (C=S) groups is 2. The summed E-state index contributed by atoms with van der Waals surface area (Å²) in [5.74, 6) is 0. The molecule has 0 bridgehead atoms. The van der Waals surface area contributed by atoms with Crippen LogP contribution in [0.25, 0.3) is 0 Å². The van der Waals surface area contributed by atoms with Crippen LogP contribution >= 0.6 is 24.4 Å². The first-order chi connectivity index (χ1) is 10.9. The van der Waals surface area contributed by atoms with Crippen LogP contribution in [-0.2, 0) is 13.1 Å². The molecular weight excluding hydrogens is 330 g/mol. The lowest BCUT2D eigenvalue weighted by molar-refractivity contribution is 0.559. The van der Waals surface area contributed by atoms with Crippen LogP contribution < -0.4 is 16.8 Å². The molecule has 2 aromatic rings. The number of rotatable bonds is 4. The number of hydrogen-bond donors (Lipinski definition) is 5. The third-order valence-corrected chi connectivity index (χ3v) is 2.34. The summed E-state index contributed by atoms with van der Waals surface area (Å²) in [6.07, 6.45) is 0. The summed E-state index contributed by atoms with van der Waals surface area (Å²) in [7, 11) is 0. The Kier molecular flexibility index (Phi) is 12.1. The van der Waals surface area contributed by atoms with Crippen LogP contribution in [0.5, 0.6) is 0 Å². The summed E-state index contributed by atoms with van der Waals surface area (Å²) < 4.78 is 0. The second-order valence-corrected chi connectivity index (χ2v) is 5.09. The maximum Gasteiger partial charge on any atom is 0.251 e. The molecule has 2 aromatic carbocycles. The van der Waals surface area contributed by atoms with Crippen LogP contribution in [-0.4, -0.2) is 20.6 Å². The Hall–Kier alpha value is -2.22. The molecule has 0 saturated heterocycles. The average molecular weight is 351 g/mol. The van der Waals surface area contributed by atoms with Gasteiger partial charge < -0.3 is 27.0 Å². The number of nitrogens with two attached hydrogens (primary N) is 2. The average Bonchev–Trinajstić information content (AvgIpc) is 2.48. The molecule has 7 N–H and O–H groups in total. The summed E-state index contributed by atoms with van der Waals surface area (Å²) in [5, 5.41) is 17.5. The Morgan fingerprint density at radius 1 is 0.739 bits per heavy atom. The molecule has 7 heteroatoms. The van der Waals surface area contributed by atoms with Crippen LogP contribution in [0.2, 0.25) is 0 Å². The molecule has 0 spiro atoms. The fraction of sp³-hybridized carbons (Fsp3) is 0.125. The van der Waals surface area contributed by atoms with Gasteiger partial charge in [0.15, 0.2) is 0 Å². The normalized spacial score (nSPS) is 8.70. The monoisotopic (exact) mass is 351 g/mol. The lowest BCUT2D eigenvalue weighted by atomic mass is 10.2. The Morgan fingerprint density at radius 2 is 1.00 bits per heavy atom. The SMILES string of the molecule is NC(O)=S.NC(O)=S.c1ccc(CNCc2ccccc2)cc1. The Balaban J connectivity index is 0.000000509. The number of aliphatic hydroxyl groups is 2. The topological polar surface area (TPSA) is 105 Å². The van der Waals surface area contributed by atoms with Crippen molar-refractivity contribution in [3.8, 4) is 0 Å². The van der Waals surface area contributed by atoms with E-state index in [2.05, 4.69) is 89.8 Å². The van der Waals surface area contributed by atoms with Gasteiger partial charge in [-0.25, -0.2) is 0 Å². The van der Waals surface area contributed by atoms with Gasteiger partial charge in [0.1, 0.15) is 0 Å². The Labute approximate surface area is 146 Å². The highest BCUT2D eigenvalue weighted by Crippen LogP contribution is 2.00. The standard InChI is InChI=1S/C14H15N.2CH3NOS/c1-3-7-13(8-4-1)11-15-12-14-9-5-2-6-10-14;2*2-1(3)4/h1-10,15H,11-12H2;2*(H3,2,3,4). The van der Waals surface area contributed by atoms with Gasteiger partial charge in [0.25, 0.3) is 10.3 Å². The zero-order valence-electron chi connectivity index (χ0n) is 12.6. The van der Waals surface area contributed by atoms with E-state index < -0.39 is 10.3 Å². The summed E-state index contributed by atoms with van der Waals surface area (Å²) in [5.41, 5.74) is 11.5. The predicted octanol–water partition coefficient (Wildman–Crippen LogP) is 2.55. The van der Waals surface area contributed by atoms with Gasteiger partial charge in [0, 0.05) is 13.1 Å². The first-order valence-corrected chi connectivity index (χ1v) is 7.48. The Morgan fingerprint density at radius 3 is 1.26 bits per heavy atom. The first-order valence-electron chi connectivity index (χ1n) is 6.67. The highest BCUT2D eigenvalue weighted by atomic mass is 32.1. The molecule has 0 fully saturated rings. The Bertz CT molecular complexity index is 507. The lowest BCUT2D eigenvalue weighted by Crippen LogP contribution is -2.12. The summed E-state index contributed by atoms with van der Waals surface area (Å²) in [6, 6.07) is 20.9. The predicted molar refractivity (Wildman–Crippen MR) is 102 cm³/mol. The van der Waals surface area contributed by atoms with Crippen LogP contribution in [0.15, 0.2) is 60.7 Å². The van der Waals surface area contributed by atoms with Gasteiger partial charge in [-0.15, -0.1) is 0 Å². The van der Waals surface area contributed by atoms with Gasteiger partial charge in [-0.1, -0.05) is 60.7 Å². The highest BCUT2D eigenvalue weighted by Gasteiger charge is 1.92. The minimum atomic E-state index is -0.500. The van der Waals surface area contributed by atoms with Crippen molar-refractivity contribution in [2.45, 2.75) is 13.1 Å². The van der Waals surface area contributed by atoms with E-state index in [1.807, 2.05) is 12.1 Å². The fourth-order valence-electron chi connectivity index (χ4n) is 1.54. The van der Waals surface area contributed by atoms with E-state index in [4.69, 9.17) is 10.2 Å². The molecule has 0 atom stereocenters. The first kappa shape index (κ1) is 20.8. The fourth-order valence-corrected chi connectivity index (χ4v) is 1.54. The van der Waals surface area contributed by atoms with Crippen molar-refractivity contribution in [1.29, 1.82) is 0 Å². The maximum absolute atomic E-state index is 7.56. The minimum absolute atomic E-state index is 0.500. The number of nitrogens with one attached hydrogen (secondary N) is 1. The highest BCUT2D eigenvalue weighted by molar-refractivity contribution is 7.80. The van der Waals surface area contributed by atoms with Crippen molar-refractivity contribution >= 4 is 34.8 Å². The number of aliphatic hydroxyl groups excluding tert-OH is 2. The molecule has 0 saturated carbocycles. The molecule has 0 radical (unpaired) electrons.